The summed E-state index contributed by atoms with van der Waals surface area (Å²) in [6.45, 7) is 4.00. The Kier molecular flexibility index (Phi) is 5.87. The lowest BCUT2D eigenvalue weighted by Crippen LogP contribution is -2.17. The molecule has 0 saturated heterocycles. The maximum absolute atomic E-state index is 11.9. The molecule has 0 aliphatic rings. The highest BCUT2D eigenvalue weighted by Gasteiger charge is 2.32. The van der Waals surface area contributed by atoms with Crippen molar-refractivity contribution in [1.82, 2.24) is 0 Å². The predicted molar refractivity (Wildman–Crippen MR) is 58.7 cm³/mol. The molecular formula is C10H11F3O3S. The molecule has 1 aromatic carbocycles. The fourth-order valence-corrected chi connectivity index (χ4v) is 1.04. The molecule has 1 N–H and O–H groups in total. The summed E-state index contributed by atoms with van der Waals surface area (Å²) in [6.07, 6.45) is -4.87. The molecule has 96 valence electrons. The highest BCUT2D eigenvalue weighted by molar-refractivity contribution is 7.80. The first-order valence-corrected chi connectivity index (χ1v) is 5.06. The lowest BCUT2D eigenvalue weighted by molar-refractivity contribution is -0.275. The van der Waals surface area contributed by atoms with Gasteiger partial charge in [0.1, 0.15) is 5.75 Å². The maximum Gasteiger partial charge on any atom is 0.573 e. The molecule has 0 saturated carbocycles. The van der Waals surface area contributed by atoms with E-state index in [2.05, 4.69) is 17.4 Å². The molecule has 3 nitrogen and oxygen atoms in total. The zero-order chi connectivity index (χ0) is 13.6. The minimum atomic E-state index is -4.87. The van der Waals surface area contributed by atoms with Gasteiger partial charge in [-0.2, -0.15) is 0 Å². The number of ether oxygens (including phenoxy) is 1. The van der Waals surface area contributed by atoms with Gasteiger partial charge in [0, 0.05) is 4.90 Å². The van der Waals surface area contributed by atoms with Crippen molar-refractivity contribution < 1.29 is 27.8 Å². The zero-order valence-corrected chi connectivity index (χ0v) is 9.97. The van der Waals surface area contributed by atoms with Gasteiger partial charge in [-0.05, 0) is 18.2 Å². The van der Waals surface area contributed by atoms with E-state index in [0.717, 1.165) is 18.2 Å². The van der Waals surface area contributed by atoms with Crippen LogP contribution in [-0.4, -0.2) is 17.4 Å². The molecule has 0 unspecified atom stereocenters. The Hall–Kier alpha value is -1.37. The van der Waals surface area contributed by atoms with Gasteiger partial charge >= 0.3 is 12.3 Å². The number of carboxylic acid groups (broad SMARTS) is 1. The topological polar surface area (TPSA) is 46.5 Å². The van der Waals surface area contributed by atoms with Crippen LogP contribution in [0, 0.1) is 0 Å². The molecule has 0 aliphatic heterocycles. The number of alkyl halides is 3. The van der Waals surface area contributed by atoms with Gasteiger partial charge in [0.2, 0.25) is 0 Å². The number of thiol groups is 1. The first-order valence-electron chi connectivity index (χ1n) is 4.61. The summed E-state index contributed by atoms with van der Waals surface area (Å²) in [5, 5.41) is 8.54. The van der Waals surface area contributed by atoms with Crippen molar-refractivity contribution >= 4 is 18.6 Å². The van der Waals surface area contributed by atoms with Crippen molar-refractivity contribution in [1.29, 1.82) is 0 Å². The minimum absolute atomic E-state index is 0.0858. The molecule has 0 radical (unpaired) electrons. The number of hydrogen-bond acceptors (Lipinski definition) is 3. The van der Waals surface area contributed by atoms with Crippen LogP contribution in [0.2, 0.25) is 0 Å². The van der Waals surface area contributed by atoms with E-state index >= 15 is 0 Å². The highest BCUT2D eigenvalue weighted by atomic mass is 32.1. The molecule has 0 spiro atoms. The molecule has 1 aromatic rings. The SMILES string of the molecule is CC.O=C(O)c1ccc(S)c(OC(F)(F)F)c1. The molecule has 0 amide bonds. The first-order chi connectivity index (χ1) is 7.79. The van der Waals surface area contributed by atoms with Crippen LogP contribution in [0.25, 0.3) is 0 Å². The van der Waals surface area contributed by atoms with Gasteiger partial charge in [0.05, 0.1) is 5.56 Å². The Labute approximate surface area is 102 Å². The van der Waals surface area contributed by atoms with Crippen LogP contribution in [0.5, 0.6) is 5.75 Å². The van der Waals surface area contributed by atoms with Gasteiger partial charge in [0.25, 0.3) is 0 Å². The molecule has 0 heterocycles. The average Bonchev–Trinajstić information content (AvgIpc) is 2.22. The number of halogens is 3. The van der Waals surface area contributed by atoms with Gasteiger partial charge in [-0.25, -0.2) is 4.79 Å². The van der Waals surface area contributed by atoms with Crippen LogP contribution in [0.4, 0.5) is 13.2 Å². The number of rotatable bonds is 2. The second kappa shape index (κ2) is 6.39. The van der Waals surface area contributed by atoms with Gasteiger partial charge in [-0.15, -0.1) is 25.8 Å². The van der Waals surface area contributed by atoms with Crippen molar-refractivity contribution in [2.24, 2.45) is 0 Å². The Morgan fingerprint density at radius 2 is 1.88 bits per heavy atom. The van der Waals surface area contributed by atoms with Crippen molar-refractivity contribution in [2.45, 2.75) is 25.1 Å². The zero-order valence-electron chi connectivity index (χ0n) is 9.08. The van der Waals surface area contributed by atoms with Gasteiger partial charge in [0.15, 0.2) is 0 Å². The first kappa shape index (κ1) is 15.6. The van der Waals surface area contributed by atoms with E-state index < -0.39 is 18.1 Å². The van der Waals surface area contributed by atoms with Gasteiger partial charge < -0.3 is 9.84 Å². The molecule has 7 heteroatoms. The smallest absolute Gasteiger partial charge is 0.478 e. The minimum Gasteiger partial charge on any atom is -0.478 e. The quantitative estimate of drug-likeness (QED) is 0.806. The molecule has 17 heavy (non-hydrogen) atoms. The number of carboxylic acids is 1. The number of hydrogen-bond donors (Lipinski definition) is 2. The fourth-order valence-electron chi connectivity index (χ4n) is 0.854. The number of carbonyl (C=O) groups is 1. The molecule has 0 aromatic heterocycles. The molecule has 0 aliphatic carbocycles. The summed E-state index contributed by atoms with van der Waals surface area (Å²) in [5.74, 6) is -1.97. The van der Waals surface area contributed by atoms with E-state index in [1.807, 2.05) is 13.8 Å². The number of benzene rings is 1. The standard InChI is InChI=1S/C8H5F3O3S.C2H6/c9-8(10,11)14-5-3-4(7(12)13)1-2-6(5)15;1-2/h1-3,15H,(H,12,13);1-2H3. The molecular weight excluding hydrogens is 257 g/mol. The van der Waals surface area contributed by atoms with Crippen LogP contribution in [0.15, 0.2) is 23.1 Å². The third-order valence-corrected chi connectivity index (χ3v) is 1.80. The monoisotopic (exact) mass is 268 g/mol. The summed E-state index contributed by atoms with van der Waals surface area (Å²) >= 11 is 3.71. The van der Waals surface area contributed by atoms with E-state index in [-0.39, 0.29) is 10.5 Å². The highest BCUT2D eigenvalue weighted by Crippen LogP contribution is 2.29. The Morgan fingerprint density at radius 3 is 2.29 bits per heavy atom. The van der Waals surface area contributed by atoms with Crippen LogP contribution in [0.1, 0.15) is 24.2 Å². The van der Waals surface area contributed by atoms with Crippen molar-refractivity contribution in [3.05, 3.63) is 23.8 Å². The predicted octanol–water partition coefficient (Wildman–Crippen LogP) is 3.60. The second-order valence-corrected chi connectivity index (χ2v) is 3.02. The fraction of sp³-hybridized carbons (Fsp3) is 0.300. The Balaban J connectivity index is 0.00000121. The van der Waals surface area contributed by atoms with E-state index in [0.29, 0.717) is 0 Å². The molecule has 0 bridgehead atoms. The summed E-state index contributed by atoms with van der Waals surface area (Å²) in [7, 11) is 0. The molecule has 0 fully saturated rings. The van der Waals surface area contributed by atoms with Crippen molar-refractivity contribution in [2.75, 3.05) is 0 Å². The van der Waals surface area contributed by atoms with E-state index in [1.54, 1.807) is 0 Å². The van der Waals surface area contributed by atoms with E-state index in [1.165, 1.54) is 0 Å². The Morgan fingerprint density at radius 1 is 1.35 bits per heavy atom. The van der Waals surface area contributed by atoms with Crippen molar-refractivity contribution in [3.8, 4) is 5.75 Å². The van der Waals surface area contributed by atoms with Gasteiger partial charge in [-0.3, -0.25) is 0 Å². The van der Waals surface area contributed by atoms with Gasteiger partial charge in [-0.1, -0.05) is 13.8 Å². The lowest BCUT2D eigenvalue weighted by atomic mass is 10.2. The third kappa shape index (κ3) is 5.48. The van der Waals surface area contributed by atoms with Crippen LogP contribution >= 0.6 is 12.6 Å². The van der Waals surface area contributed by atoms with Crippen LogP contribution < -0.4 is 4.74 Å². The largest absolute Gasteiger partial charge is 0.573 e. The van der Waals surface area contributed by atoms with Crippen LogP contribution in [-0.2, 0) is 0 Å². The normalized spacial score (nSPS) is 10.2. The molecule has 1 rings (SSSR count). The summed E-state index contributed by atoms with van der Waals surface area (Å²) in [6, 6.07) is 3.01. The third-order valence-electron chi connectivity index (χ3n) is 1.43. The summed E-state index contributed by atoms with van der Waals surface area (Å²) in [4.78, 5) is 10.4. The van der Waals surface area contributed by atoms with E-state index in [4.69, 9.17) is 5.11 Å². The van der Waals surface area contributed by atoms with E-state index in [9.17, 15) is 18.0 Å². The van der Waals surface area contributed by atoms with Crippen LogP contribution in [0.3, 0.4) is 0 Å². The average molecular weight is 268 g/mol. The maximum atomic E-state index is 11.9. The summed E-state index contributed by atoms with van der Waals surface area (Å²) in [5.41, 5.74) is -0.299. The molecule has 0 atom stereocenters. The van der Waals surface area contributed by atoms with Crippen molar-refractivity contribution in [3.63, 3.8) is 0 Å². The Bertz CT molecular complexity index is 391. The summed E-state index contributed by atoms with van der Waals surface area (Å²) < 4.78 is 39.1. The lowest BCUT2D eigenvalue weighted by Gasteiger charge is -2.11. The number of aromatic carboxylic acids is 1. The second-order valence-electron chi connectivity index (χ2n) is 2.54.